The Morgan fingerprint density at radius 1 is 1.15 bits per heavy atom. The number of nitrogens with one attached hydrogen (secondary N) is 1. The third kappa shape index (κ3) is 4.25. The van der Waals surface area contributed by atoms with Crippen molar-refractivity contribution in [3.8, 4) is 0 Å². The molecule has 2 rings (SSSR count). The minimum Gasteiger partial charge on any atom is -0.385 e. The molecule has 0 aliphatic heterocycles. The Kier molecular flexibility index (Phi) is 5.17. The topological polar surface area (TPSA) is 12.0 Å². The molecule has 2 heteroatoms. The zero-order valence-electron chi connectivity index (χ0n) is 13.3. The van der Waals surface area contributed by atoms with E-state index in [1.54, 1.807) is 0 Å². The van der Waals surface area contributed by atoms with Gasteiger partial charge >= 0.3 is 0 Å². The van der Waals surface area contributed by atoms with Gasteiger partial charge in [0.15, 0.2) is 0 Å². The first-order valence-electron chi connectivity index (χ1n) is 7.86. The summed E-state index contributed by atoms with van der Waals surface area (Å²) in [7, 11) is 0. The van der Waals surface area contributed by atoms with Gasteiger partial charge in [-0.05, 0) is 73.6 Å². The summed E-state index contributed by atoms with van der Waals surface area (Å²) in [6, 6.07) is 6.48. The number of hydrogen-bond acceptors (Lipinski definition) is 1. The van der Waals surface area contributed by atoms with Gasteiger partial charge in [-0.3, -0.25) is 0 Å². The second kappa shape index (κ2) is 6.51. The Hall–Kier alpha value is -0.500. The molecule has 0 spiro atoms. The Morgan fingerprint density at radius 3 is 2.35 bits per heavy atom. The molecular weight excluding hydrogens is 310 g/mol. The quantitative estimate of drug-likeness (QED) is 0.710. The summed E-state index contributed by atoms with van der Waals surface area (Å²) in [5.74, 6) is 1.75. The van der Waals surface area contributed by atoms with Crippen molar-refractivity contribution in [2.75, 3.05) is 11.9 Å². The van der Waals surface area contributed by atoms with Crippen molar-refractivity contribution < 1.29 is 0 Å². The van der Waals surface area contributed by atoms with Crippen LogP contribution in [0.3, 0.4) is 0 Å². The van der Waals surface area contributed by atoms with Gasteiger partial charge in [0.05, 0.1) is 0 Å². The van der Waals surface area contributed by atoms with Crippen LogP contribution in [0.15, 0.2) is 22.7 Å². The Bertz CT molecular complexity index is 439. The van der Waals surface area contributed by atoms with Gasteiger partial charge in [0.25, 0.3) is 0 Å². The summed E-state index contributed by atoms with van der Waals surface area (Å²) in [5, 5.41) is 3.64. The van der Waals surface area contributed by atoms with E-state index in [-0.39, 0.29) is 0 Å². The highest BCUT2D eigenvalue weighted by Crippen LogP contribution is 2.39. The summed E-state index contributed by atoms with van der Waals surface area (Å²) >= 11 is 3.52. The predicted octanol–water partition coefficient (Wildman–Crippen LogP) is 6.02. The fraction of sp³-hybridized carbons (Fsp3) is 0.667. The largest absolute Gasteiger partial charge is 0.385 e. The monoisotopic (exact) mass is 337 g/mol. The number of anilines is 1. The Labute approximate surface area is 132 Å². The molecular formula is C18H28BrN. The first kappa shape index (κ1) is 15.9. The Balaban J connectivity index is 1.82. The molecule has 0 heterocycles. The van der Waals surface area contributed by atoms with E-state index in [4.69, 9.17) is 0 Å². The first-order chi connectivity index (χ1) is 9.36. The van der Waals surface area contributed by atoms with E-state index in [1.165, 1.54) is 36.9 Å². The van der Waals surface area contributed by atoms with Gasteiger partial charge in [-0.2, -0.15) is 0 Å². The fourth-order valence-electron chi connectivity index (χ4n) is 3.31. The average molecular weight is 338 g/mol. The van der Waals surface area contributed by atoms with Crippen molar-refractivity contribution >= 4 is 21.6 Å². The van der Waals surface area contributed by atoms with Crippen LogP contribution in [0.2, 0.25) is 0 Å². The van der Waals surface area contributed by atoms with E-state index >= 15 is 0 Å². The molecule has 1 nitrogen and oxygen atoms in total. The molecule has 0 unspecified atom stereocenters. The van der Waals surface area contributed by atoms with Crippen molar-refractivity contribution in [1.82, 2.24) is 0 Å². The van der Waals surface area contributed by atoms with E-state index < -0.39 is 0 Å². The Morgan fingerprint density at radius 2 is 1.80 bits per heavy atom. The molecule has 1 fully saturated rings. The van der Waals surface area contributed by atoms with Gasteiger partial charge < -0.3 is 5.32 Å². The predicted molar refractivity (Wildman–Crippen MR) is 92.3 cm³/mol. The van der Waals surface area contributed by atoms with Crippen LogP contribution in [0, 0.1) is 24.2 Å². The molecule has 1 saturated carbocycles. The van der Waals surface area contributed by atoms with E-state index in [0.29, 0.717) is 5.41 Å². The molecule has 20 heavy (non-hydrogen) atoms. The van der Waals surface area contributed by atoms with Crippen LogP contribution in [0.4, 0.5) is 5.69 Å². The highest BCUT2D eigenvalue weighted by molar-refractivity contribution is 9.10. The molecule has 1 aliphatic rings. The standard InChI is InChI=1S/C18H28BrN/c1-13-11-16(19)9-10-17(13)20-12-14-5-7-15(8-6-14)18(2,3)4/h9-11,14-15,20H,5-8,12H2,1-4H3. The smallest absolute Gasteiger partial charge is 0.0370 e. The third-order valence-electron chi connectivity index (χ3n) is 4.84. The number of aryl methyl sites for hydroxylation is 1. The highest BCUT2D eigenvalue weighted by atomic mass is 79.9. The van der Waals surface area contributed by atoms with Crippen molar-refractivity contribution in [2.45, 2.75) is 53.4 Å². The number of hydrogen-bond donors (Lipinski definition) is 1. The van der Waals surface area contributed by atoms with Crippen molar-refractivity contribution in [3.05, 3.63) is 28.2 Å². The molecule has 0 radical (unpaired) electrons. The zero-order valence-corrected chi connectivity index (χ0v) is 14.9. The lowest BCUT2D eigenvalue weighted by Gasteiger charge is -2.37. The van der Waals surface area contributed by atoms with Crippen LogP contribution in [-0.4, -0.2) is 6.54 Å². The lowest BCUT2D eigenvalue weighted by molar-refractivity contribution is 0.153. The fourth-order valence-corrected chi connectivity index (χ4v) is 3.79. The van der Waals surface area contributed by atoms with Gasteiger partial charge in [-0.1, -0.05) is 36.7 Å². The summed E-state index contributed by atoms with van der Waals surface area (Å²) < 4.78 is 1.16. The molecule has 0 atom stereocenters. The molecule has 1 aliphatic carbocycles. The summed E-state index contributed by atoms with van der Waals surface area (Å²) in [6.07, 6.45) is 5.55. The summed E-state index contributed by atoms with van der Waals surface area (Å²) in [6.45, 7) is 10.5. The van der Waals surface area contributed by atoms with Crippen LogP contribution < -0.4 is 5.32 Å². The maximum Gasteiger partial charge on any atom is 0.0370 e. The van der Waals surface area contributed by atoms with E-state index in [1.807, 2.05) is 0 Å². The second-order valence-electron chi connectivity index (χ2n) is 7.42. The van der Waals surface area contributed by atoms with Crippen LogP contribution in [0.25, 0.3) is 0 Å². The van der Waals surface area contributed by atoms with Gasteiger partial charge in [-0.15, -0.1) is 0 Å². The summed E-state index contributed by atoms with van der Waals surface area (Å²) in [5.41, 5.74) is 3.09. The van der Waals surface area contributed by atoms with Crippen LogP contribution in [-0.2, 0) is 0 Å². The number of halogens is 1. The lowest BCUT2D eigenvalue weighted by Crippen LogP contribution is -2.28. The normalized spacial score (nSPS) is 23.6. The molecule has 1 N–H and O–H groups in total. The minimum absolute atomic E-state index is 0.487. The molecule has 0 saturated heterocycles. The first-order valence-corrected chi connectivity index (χ1v) is 8.65. The highest BCUT2D eigenvalue weighted by Gasteiger charge is 2.29. The molecule has 0 bridgehead atoms. The molecule has 1 aromatic rings. The van der Waals surface area contributed by atoms with Crippen LogP contribution >= 0.6 is 15.9 Å². The molecule has 112 valence electrons. The second-order valence-corrected chi connectivity index (χ2v) is 8.34. The zero-order chi connectivity index (χ0) is 14.8. The lowest BCUT2D eigenvalue weighted by atomic mass is 9.70. The van der Waals surface area contributed by atoms with Crippen molar-refractivity contribution in [2.24, 2.45) is 17.3 Å². The summed E-state index contributed by atoms with van der Waals surface area (Å²) in [4.78, 5) is 0. The van der Waals surface area contributed by atoms with Crippen molar-refractivity contribution in [1.29, 1.82) is 0 Å². The molecule has 1 aromatic carbocycles. The number of rotatable bonds is 3. The minimum atomic E-state index is 0.487. The van der Waals surface area contributed by atoms with Crippen molar-refractivity contribution in [3.63, 3.8) is 0 Å². The maximum absolute atomic E-state index is 3.64. The van der Waals surface area contributed by atoms with Crippen LogP contribution in [0.1, 0.15) is 52.0 Å². The number of benzene rings is 1. The van der Waals surface area contributed by atoms with E-state index in [0.717, 1.165) is 22.9 Å². The average Bonchev–Trinajstić information content (AvgIpc) is 2.37. The van der Waals surface area contributed by atoms with E-state index in [9.17, 15) is 0 Å². The van der Waals surface area contributed by atoms with Gasteiger partial charge in [0.1, 0.15) is 0 Å². The van der Waals surface area contributed by atoms with Gasteiger partial charge in [0.2, 0.25) is 0 Å². The molecule has 0 aromatic heterocycles. The SMILES string of the molecule is Cc1cc(Br)ccc1NCC1CCC(C(C)(C)C)CC1. The van der Waals surface area contributed by atoms with E-state index in [2.05, 4.69) is 67.1 Å². The van der Waals surface area contributed by atoms with Crippen LogP contribution in [0.5, 0.6) is 0 Å². The third-order valence-corrected chi connectivity index (χ3v) is 5.33. The molecule has 0 amide bonds. The van der Waals surface area contributed by atoms with Gasteiger partial charge in [-0.25, -0.2) is 0 Å². The van der Waals surface area contributed by atoms with Gasteiger partial charge in [0, 0.05) is 16.7 Å². The maximum atomic E-state index is 3.64.